The molecule has 136 valence electrons. The van der Waals surface area contributed by atoms with E-state index >= 15 is 0 Å². The molecule has 27 heavy (non-hydrogen) atoms. The van der Waals surface area contributed by atoms with Crippen LogP contribution in [0.5, 0.6) is 0 Å². The molecule has 0 aliphatic carbocycles. The Balaban J connectivity index is 1.40. The number of pyridine rings is 1. The Kier molecular flexibility index (Phi) is 5.05. The van der Waals surface area contributed by atoms with Crippen molar-refractivity contribution >= 4 is 17.7 Å². The molecule has 4 rings (SSSR count). The number of hydrogen-bond donors (Lipinski definition) is 1. The lowest BCUT2D eigenvalue weighted by Crippen LogP contribution is -2.29. The van der Waals surface area contributed by atoms with Crippen molar-refractivity contribution in [1.82, 2.24) is 19.9 Å². The average Bonchev–Trinajstić information content (AvgIpc) is 3.20. The molecule has 1 aliphatic rings. The Morgan fingerprint density at radius 3 is 2.70 bits per heavy atom. The van der Waals surface area contributed by atoms with Crippen molar-refractivity contribution in [3.8, 4) is 0 Å². The van der Waals surface area contributed by atoms with E-state index in [9.17, 15) is 4.79 Å². The first-order valence-electron chi connectivity index (χ1n) is 9.10. The fourth-order valence-electron chi connectivity index (χ4n) is 3.32. The lowest BCUT2D eigenvalue weighted by atomic mass is 10.1. The molecule has 1 atom stereocenters. The van der Waals surface area contributed by atoms with Crippen LogP contribution in [0.3, 0.4) is 0 Å². The van der Waals surface area contributed by atoms with Crippen molar-refractivity contribution in [2.24, 2.45) is 0 Å². The Labute approximate surface area is 158 Å². The van der Waals surface area contributed by atoms with Gasteiger partial charge in [-0.3, -0.25) is 4.79 Å². The molecule has 0 saturated carbocycles. The van der Waals surface area contributed by atoms with E-state index in [1.807, 2.05) is 59.5 Å². The highest BCUT2D eigenvalue weighted by molar-refractivity contribution is 5.79. The van der Waals surface area contributed by atoms with Crippen LogP contribution in [0, 0.1) is 0 Å². The second-order valence-electron chi connectivity index (χ2n) is 6.63. The fourth-order valence-corrected chi connectivity index (χ4v) is 3.32. The monoisotopic (exact) mass is 359 g/mol. The molecule has 6 heteroatoms. The highest BCUT2D eigenvalue weighted by atomic mass is 16.2. The molecule has 1 amide bonds. The van der Waals surface area contributed by atoms with Crippen LogP contribution in [0.2, 0.25) is 0 Å². The van der Waals surface area contributed by atoms with E-state index in [1.54, 1.807) is 12.4 Å². The molecule has 3 heterocycles. The second kappa shape index (κ2) is 7.95. The summed E-state index contributed by atoms with van der Waals surface area (Å²) in [6.45, 7) is 1.47. The smallest absolute Gasteiger partial charge is 0.228 e. The van der Waals surface area contributed by atoms with Gasteiger partial charge >= 0.3 is 0 Å². The molecule has 1 aromatic carbocycles. The summed E-state index contributed by atoms with van der Waals surface area (Å²) < 4.78 is 0. The number of aromatic nitrogens is 3. The summed E-state index contributed by atoms with van der Waals surface area (Å²) in [5.74, 6) is 1.64. The van der Waals surface area contributed by atoms with Gasteiger partial charge in [-0.05, 0) is 30.2 Å². The van der Waals surface area contributed by atoms with Gasteiger partial charge in [0.05, 0.1) is 12.1 Å². The zero-order valence-corrected chi connectivity index (χ0v) is 15.0. The summed E-state index contributed by atoms with van der Waals surface area (Å²) in [6.07, 6.45) is 4.84. The van der Waals surface area contributed by atoms with E-state index in [-0.39, 0.29) is 11.8 Å². The minimum Gasteiger partial charge on any atom is -0.342 e. The van der Waals surface area contributed by atoms with Crippen LogP contribution < -0.4 is 5.32 Å². The van der Waals surface area contributed by atoms with Gasteiger partial charge in [-0.1, -0.05) is 36.4 Å². The number of nitrogens with zero attached hydrogens (tertiary/aromatic N) is 4. The highest BCUT2D eigenvalue weighted by Gasteiger charge is 2.28. The first-order valence-corrected chi connectivity index (χ1v) is 9.10. The maximum absolute atomic E-state index is 12.6. The van der Waals surface area contributed by atoms with Crippen LogP contribution in [-0.2, 0) is 11.2 Å². The van der Waals surface area contributed by atoms with E-state index in [2.05, 4.69) is 20.3 Å². The molecule has 6 nitrogen and oxygen atoms in total. The van der Waals surface area contributed by atoms with Gasteiger partial charge in [0.2, 0.25) is 11.9 Å². The predicted octanol–water partition coefficient (Wildman–Crippen LogP) is 3.17. The van der Waals surface area contributed by atoms with Gasteiger partial charge in [0.1, 0.15) is 5.82 Å². The molecular formula is C21H21N5O. The Morgan fingerprint density at radius 1 is 1.04 bits per heavy atom. The molecule has 2 aromatic heterocycles. The van der Waals surface area contributed by atoms with Gasteiger partial charge in [-0.2, -0.15) is 0 Å². The Morgan fingerprint density at radius 2 is 1.89 bits per heavy atom. The van der Waals surface area contributed by atoms with Gasteiger partial charge in [0.15, 0.2) is 0 Å². The van der Waals surface area contributed by atoms with Gasteiger partial charge in [0, 0.05) is 31.4 Å². The van der Waals surface area contributed by atoms with Crippen molar-refractivity contribution < 1.29 is 4.79 Å². The van der Waals surface area contributed by atoms with Crippen molar-refractivity contribution in [2.75, 3.05) is 18.4 Å². The molecule has 0 spiro atoms. The molecule has 0 bridgehead atoms. The van der Waals surface area contributed by atoms with Gasteiger partial charge in [-0.15, -0.1) is 0 Å². The van der Waals surface area contributed by atoms with Crippen LogP contribution >= 0.6 is 0 Å². The quantitative estimate of drug-likeness (QED) is 0.758. The molecule has 1 fully saturated rings. The number of carbonyl (C=O) groups is 1. The Bertz CT molecular complexity index is 901. The lowest BCUT2D eigenvalue weighted by Gasteiger charge is -2.16. The summed E-state index contributed by atoms with van der Waals surface area (Å²) in [5.41, 5.74) is 2.01. The predicted molar refractivity (Wildman–Crippen MR) is 104 cm³/mol. The molecular weight excluding hydrogens is 338 g/mol. The Hall–Kier alpha value is -3.28. The van der Waals surface area contributed by atoms with Gasteiger partial charge in [0.25, 0.3) is 0 Å². The van der Waals surface area contributed by atoms with E-state index in [1.165, 1.54) is 0 Å². The molecule has 3 aromatic rings. The van der Waals surface area contributed by atoms with Crippen LogP contribution in [0.1, 0.15) is 23.6 Å². The standard InChI is InChI=1S/C21H21N5O/c27-20(14-16-6-2-1-3-7-16)26-13-10-17(15-26)18-9-12-23-21(24-18)25-19-8-4-5-11-22-19/h1-9,11-12,17H,10,13-15H2,(H,22,23,24,25). The summed E-state index contributed by atoms with van der Waals surface area (Å²) in [7, 11) is 0. The van der Waals surface area contributed by atoms with Crippen molar-refractivity contribution in [1.29, 1.82) is 0 Å². The SMILES string of the molecule is O=C(Cc1ccccc1)N1CCC(c2ccnc(Nc3ccccn3)n2)C1. The van der Waals surface area contributed by atoms with Crippen LogP contribution in [0.15, 0.2) is 67.0 Å². The van der Waals surface area contributed by atoms with E-state index in [0.29, 0.717) is 24.7 Å². The third-order valence-electron chi connectivity index (χ3n) is 4.74. The maximum Gasteiger partial charge on any atom is 0.228 e. The largest absolute Gasteiger partial charge is 0.342 e. The number of rotatable bonds is 5. The number of carbonyl (C=O) groups excluding carboxylic acids is 1. The van der Waals surface area contributed by atoms with E-state index in [4.69, 9.17) is 0 Å². The third kappa shape index (κ3) is 4.28. The van der Waals surface area contributed by atoms with E-state index < -0.39 is 0 Å². The first kappa shape index (κ1) is 17.1. The van der Waals surface area contributed by atoms with Gasteiger partial charge < -0.3 is 10.2 Å². The summed E-state index contributed by atoms with van der Waals surface area (Å²) >= 11 is 0. The first-order chi connectivity index (χ1) is 13.3. The number of nitrogens with one attached hydrogen (secondary N) is 1. The summed E-state index contributed by atoms with van der Waals surface area (Å²) in [6, 6.07) is 17.4. The average molecular weight is 359 g/mol. The zero-order chi connectivity index (χ0) is 18.5. The number of likely N-dealkylation sites (tertiary alicyclic amines) is 1. The summed E-state index contributed by atoms with van der Waals surface area (Å²) in [4.78, 5) is 27.6. The van der Waals surface area contributed by atoms with Gasteiger partial charge in [-0.25, -0.2) is 15.0 Å². The zero-order valence-electron chi connectivity index (χ0n) is 15.0. The molecule has 0 radical (unpaired) electrons. The summed E-state index contributed by atoms with van der Waals surface area (Å²) in [5, 5.41) is 3.12. The molecule has 1 N–H and O–H groups in total. The van der Waals surface area contributed by atoms with Crippen molar-refractivity contribution in [3.05, 3.63) is 78.2 Å². The fraction of sp³-hybridized carbons (Fsp3) is 0.238. The van der Waals surface area contributed by atoms with Crippen molar-refractivity contribution in [3.63, 3.8) is 0 Å². The maximum atomic E-state index is 12.6. The number of hydrogen-bond acceptors (Lipinski definition) is 5. The normalized spacial score (nSPS) is 16.3. The second-order valence-corrected chi connectivity index (χ2v) is 6.63. The molecule has 1 saturated heterocycles. The highest BCUT2D eigenvalue weighted by Crippen LogP contribution is 2.27. The van der Waals surface area contributed by atoms with Crippen molar-refractivity contribution in [2.45, 2.75) is 18.8 Å². The van der Waals surface area contributed by atoms with Crippen LogP contribution in [0.4, 0.5) is 11.8 Å². The minimum absolute atomic E-state index is 0.171. The number of benzene rings is 1. The molecule has 1 unspecified atom stereocenters. The number of amides is 1. The lowest BCUT2D eigenvalue weighted by molar-refractivity contribution is -0.129. The van der Waals surface area contributed by atoms with Crippen LogP contribution in [-0.4, -0.2) is 38.8 Å². The van der Waals surface area contributed by atoms with Crippen LogP contribution in [0.25, 0.3) is 0 Å². The van der Waals surface area contributed by atoms with E-state index in [0.717, 1.165) is 24.2 Å². The molecule has 1 aliphatic heterocycles. The third-order valence-corrected chi connectivity index (χ3v) is 4.74. The topological polar surface area (TPSA) is 71.0 Å². The number of anilines is 2. The minimum atomic E-state index is 0.171.